The van der Waals surface area contributed by atoms with Crippen molar-refractivity contribution in [2.24, 2.45) is 5.92 Å². The van der Waals surface area contributed by atoms with Gasteiger partial charge in [-0.05, 0) is 36.4 Å². The van der Waals surface area contributed by atoms with E-state index < -0.39 is 15.9 Å². The highest BCUT2D eigenvalue weighted by Crippen LogP contribution is 2.26. The minimum atomic E-state index is -3.58. The molecule has 0 aliphatic carbocycles. The Hall–Kier alpha value is -2.75. The number of benzene rings is 2. The van der Waals surface area contributed by atoms with Crippen molar-refractivity contribution in [2.75, 3.05) is 43.1 Å². The number of hydrogen-bond donors (Lipinski definition) is 1. The molecule has 1 atom stereocenters. The van der Waals surface area contributed by atoms with E-state index in [1.165, 1.54) is 16.4 Å². The summed E-state index contributed by atoms with van der Waals surface area (Å²) < 4.78 is 32.0. The standard InChI is InChI=1S/C21H23N3O5S/c25-20-14-16(15-24(20)18-4-2-1-3-5-18)21(26)22-17-6-8-19(9-7-17)30(27,28)23-10-12-29-13-11-23/h1-9,16H,10-15H2,(H,22,26). The number of carbonyl (C=O) groups excluding carboxylic acids is 2. The zero-order valence-electron chi connectivity index (χ0n) is 16.4. The number of morpholine rings is 1. The van der Waals surface area contributed by atoms with Crippen molar-refractivity contribution in [3.63, 3.8) is 0 Å². The Labute approximate surface area is 175 Å². The maximum absolute atomic E-state index is 12.7. The summed E-state index contributed by atoms with van der Waals surface area (Å²) in [7, 11) is -3.58. The number of rotatable bonds is 5. The molecule has 2 aliphatic heterocycles. The lowest BCUT2D eigenvalue weighted by molar-refractivity contribution is -0.122. The van der Waals surface area contributed by atoms with Gasteiger partial charge in [-0.3, -0.25) is 9.59 Å². The van der Waals surface area contributed by atoms with Crippen LogP contribution in [0.4, 0.5) is 11.4 Å². The van der Waals surface area contributed by atoms with Crippen LogP contribution < -0.4 is 10.2 Å². The van der Waals surface area contributed by atoms with Crippen molar-refractivity contribution in [3.8, 4) is 0 Å². The molecule has 158 valence electrons. The molecule has 0 spiro atoms. The number of sulfonamides is 1. The third-order valence-electron chi connectivity index (χ3n) is 5.29. The average Bonchev–Trinajstić information content (AvgIpc) is 3.17. The van der Waals surface area contributed by atoms with Crippen LogP contribution in [-0.2, 0) is 24.3 Å². The SMILES string of the molecule is O=C(Nc1ccc(S(=O)(=O)N2CCOCC2)cc1)C1CC(=O)N(c2ccccc2)C1. The topological polar surface area (TPSA) is 96.0 Å². The molecular weight excluding hydrogens is 406 g/mol. The van der Waals surface area contributed by atoms with Gasteiger partial charge in [0.05, 0.1) is 24.0 Å². The molecule has 4 rings (SSSR count). The number of hydrogen-bond acceptors (Lipinski definition) is 5. The third-order valence-corrected chi connectivity index (χ3v) is 7.21. The number of ether oxygens (including phenoxy) is 1. The molecule has 2 aromatic carbocycles. The van der Waals surface area contributed by atoms with Crippen LogP contribution in [0.15, 0.2) is 59.5 Å². The zero-order chi connectivity index (χ0) is 21.1. The lowest BCUT2D eigenvalue weighted by atomic mass is 10.1. The number of carbonyl (C=O) groups is 2. The second-order valence-corrected chi connectivity index (χ2v) is 9.21. The van der Waals surface area contributed by atoms with Crippen molar-refractivity contribution < 1.29 is 22.7 Å². The second-order valence-electron chi connectivity index (χ2n) is 7.27. The van der Waals surface area contributed by atoms with Crippen molar-refractivity contribution in [2.45, 2.75) is 11.3 Å². The molecule has 2 aromatic rings. The number of anilines is 2. The first-order valence-corrected chi connectivity index (χ1v) is 11.2. The highest BCUT2D eigenvalue weighted by Gasteiger charge is 2.35. The van der Waals surface area contributed by atoms with E-state index in [-0.39, 0.29) is 23.1 Å². The lowest BCUT2D eigenvalue weighted by Crippen LogP contribution is -2.40. The smallest absolute Gasteiger partial charge is 0.243 e. The highest BCUT2D eigenvalue weighted by atomic mass is 32.2. The maximum Gasteiger partial charge on any atom is 0.243 e. The minimum absolute atomic E-state index is 0.0895. The molecule has 0 aromatic heterocycles. The summed E-state index contributed by atoms with van der Waals surface area (Å²) in [4.78, 5) is 26.7. The predicted molar refractivity (Wildman–Crippen MR) is 112 cm³/mol. The molecule has 1 unspecified atom stereocenters. The van der Waals surface area contributed by atoms with Crippen LogP contribution in [0.5, 0.6) is 0 Å². The average molecular weight is 429 g/mol. The van der Waals surface area contributed by atoms with E-state index in [9.17, 15) is 18.0 Å². The Kier molecular flexibility index (Phi) is 5.85. The fourth-order valence-corrected chi connectivity index (χ4v) is 5.04. The van der Waals surface area contributed by atoms with E-state index in [0.29, 0.717) is 38.5 Å². The van der Waals surface area contributed by atoms with Gasteiger partial charge in [-0.2, -0.15) is 4.31 Å². The molecule has 2 saturated heterocycles. The van der Waals surface area contributed by atoms with Gasteiger partial charge in [0.25, 0.3) is 0 Å². The van der Waals surface area contributed by atoms with Crippen LogP contribution in [0.2, 0.25) is 0 Å². The molecule has 0 radical (unpaired) electrons. The number of para-hydroxylation sites is 1. The van der Waals surface area contributed by atoms with Crippen LogP contribution in [0.1, 0.15) is 6.42 Å². The van der Waals surface area contributed by atoms with Gasteiger partial charge in [0.1, 0.15) is 0 Å². The number of nitrogens with one attached hydrogen (secondary N) is 1. The minimum Gasteiger partial charge on any atom is -0.379 e. The lowest BCUT2D eigenvalue weighted by Gasteiger charge is -2.26. The van der Waals surface area contributed by atoms with Crippen LogP contribution >= 0.6 is 0 Å². The van der Waals surface area contributed by atoms with Gasteiger partial charge in [0.2, 0.25) is 21.8 Å². The fraction of sp³-hybridized carbons (Fsp3) is 0.333. The fourth-order valence-electron chi connectivity index (χ4n) is 3.63. The van der Waals surface area contributed by atoms with Crippen molar-refractivity contribution in [1.29, 1.82) is 0 Å². The van der Waals surface area contributed by atoms with E-state index in [4.69, 9.17) is 4.74 Å². The van der Waals surface area contributed by atoms with Gasteiger partial charge >= 0.3 is 0 Å². The van der Waals surface area contributed by atoms with Crippen molar-refractivity contribution >= 4 is 33.2 Å². The summed E-state index contributed by atoms with van der Waals surface area (Å²) in [6, 6.07) is 15.3. The summed E-state index contributed by atoms with van der Waals surface area (Å²) >= 11 is 0. The van der Waals surface area contributed by atoms with Crippen LogP contribution in [0.3, 0.4) is 0 Å². The molecule has 30 heavy (non-hydrogen) atoms. The van der Waals surface area contributed by atoms with Crippen LogP contribution in [0, 0.1) is 5.92 Å². The Balaban J connectivity index is 1.40. The van der Waals surface area contributed by atoms with Gasteiger partial charge in [-0.1, -0.05) is 18.2 Å². The first kappa shape index (κ1) is 20.5. The summed E-state index contributed by atoms with van der Waals surface area (Å²) in [5.74, 6) is -0.812. The first-order valence-electron chi connectivity index (χ1n) is 9.79. The van der Waals surface area contributed by atoms with E-state index in [1.807, 2.05) is 30.3 Å². The largest absolute Gasteiger partial charge is 0.379 e. The van der Waals surface area contributed by atoms with E-state index in [1.54, 1.807) is 17.0 Å². The normalized spacial score (nSPS) is 20.3. The summed E-state index contributed by atoms with van der Waals surface area (Å²) in [6.45, 7) is 1.74. The Morgan fingerprint density at radius 2 is 1.67 bits per heavy atom. The van der Waals surface area contributed by atoms with Gasteiger partial charge in [-0.25, -0.2) is 8.42 Å². The van der Waals surface area contributed by atoms with Gasteiger partial charge in [-0.15, -0.1) is 0 Å². The molecule has 9 heteroatoms. The monoisotopic (exact) mass is 429 g/mol. The predicted octanol–water partition coefficient (Wildman–Crippen LogP) is 1.70. The number of amides is 2. The molecule has 2 fully saturated rings. The summed E-state index contributed by atoms with van der Waals surface area (Å²) in [6.07, 6.45) is 0.143. The Morgan fingerprint density at radius 1 is 1.00 bits per heavy atom. The summed E-state index contributed by atoms with van der Waals surface area (Å²) in [5.41, 5.74) is 1.27. The Bertz CT molecular complexity index is 1020. The number of nitrogens with zero attached hydrogens (tertiary/aromatic N) is 2. The molecule has 2 amide bonds. The zero-order valence-corrected chi connectivity index (χ0v) is 17.2. The molecule has 0 saturated carbocycles. The van der Waals surface area contributed by atoms with Crippen LogP contribution in [-0.4, -0.2) is 57.4 Å². The van der Waals surface area contributed by atoms with E-state index >= 15 is 0 Å². The third kappa shape index (κ3) is 4.23. The van der Waals surface area contributed by atoms with Crippen molar-refractivity contribution in [1.82, 2.24) is 4.31 Å². The summed E-state index contributed by atoms with van der Waals surface area (Å²) in [5, 5.41) is 2.79. The second kappa shape index (κ2) is 8.55. The molecule has 1 N–H and O–H groups in total. The first-order chi connectivity index (χ1) is 14.4. The molecule has 0 bridgehead atoms. The van der Waals surface area contributed by atoms with E-state index in [0.717, 1.165) is 5.69 Å². The molecule has 2 aliphatic rings. The van der Waals surface area contributed by atoms with Gasteiger partial charge in [0, 0.05) is 37.4 Å². The molecule has 8 nitrogen and oxygen atoms in total. The van der Waals surface area contributed by atoms with E-state index in [2.05, 4.69) is 5.32 Å². The van der Waals surface area contributed by atoms with Crippen molar-refractivity contribution in [3.05, 3.63) is 54.6 Å². The quantitative estimate of drug-likeness (QED) is 0.781. The van der Waals surface area contributed by atoms with Crippen LogP contribution in [0.25, 0.3) is 0 Å². The molecular formula is C21H23N3O5S. The molecule has 2 heterocycles. The Morgan fingerprint density at radius 3 is 2.33 bits per heavy atom. The highest BCUT2D eigenvalue weighted by molar-refractivity contribution is 7.89. The van der Waals surface area contributed by atoms with Gasteiger partial charge < -0.3 is 15.0 Å². The van der Waals surface area contributed by atoms with Gasteiger partial charge in [0.15, 0.2) is 0 Å². The maximum atomic E-state index is 12.7.